The molecule has 4 nitrogen and oxygen atoms in total. The van der Waals surface area contributed by atoms with Gasteiger partial charge in [0.05, 0.1) is 23.8 Å². The summed E-state index contributed by atoms with van der Waals surface area (Å²) in [6.45, 7) is 4.92. The number of rotatable bonds is 4. The van der Waals surface area contributed by atoms with Gasteiger partial charge in [0, 0.05) is 18.8 Å². The molecule has 1 fully saturated rings. The molecule has 3 unspecified atom stereocenters. The van der Waals surface area contributed by atoms with Crippen molar-refractivity contribution in [3.63, 3.8) is 0 Å². The van der Waals surface area contributed by atoms with E-state index >= 15 is 0 Å². The minimum Gasteiger partial charge on any atom is -0.368 e. The number of nitrogens with one attached hydrogen (secondary N) is 1. The molecule has 1 saturated heterocycles. The highest BCUT2D eigenvalue weighted by molar-refractivity contribution is 5.94. The molecule has 1 N–H and O–H groups in total. The normalized spacial score (nSPS) is 21.9. The Balaban J connectivity index is 1.65. The van der Waals surface area contributed by atoms with Crippen LogP contribution < -0.4 is 5.32 Å². The van der Waals surface area contributed by atoms with Crippen LogP contribution in [0.15, 0.2) is 54.6 Å². The van der Waals surface area contributed by atoms with E-state index in [-0.39, 0.29) is 18.1 Å². The summed E-state index contributed by atoms with van der Waals surface area (Å²) >= 11 is 0. The minimum atomic E-state index is -4.40. The molecule has 1 amide bonds. The zero-order valence-corrected chi connectivity index (χ0v) is 15.7. The second-order valence-corrected chi connectivity index (χ2v) is 7.04. The molecular weight excluding hydrogens is 369 g/mol. The Morgan fingerprint density at radius 2 is 1.75 bits per heavy atom. The number of amides is 1. The van der Waals surface area contributed by atoms with Crippen LogP contribution in [0.4, 0.5) is 18.9 Å². The van der Waals surface area contributed by atoms with Gasteiger partial charge in [0.1, 0.15) is 0 Å². The molecule has 0 aromatic heterocycles. The summed E-state index contributed by atoms with van der Waals surface area (Å²) in [4.78, 5) is 14.7. The third-order valence-corrected chi connectivity index (χ3v) is 4.87. The van der Waals surface area contributed by atoms with Crippen LogP contribution in [0.2, 0.25) is 0 Å². The Hall–Kier alpha value is -2.38. The van der Waals surface area contributed by atoms with Gasteiger partial charge in [-0.3, -0.25) is 9.69 Å². The van der Waals surface area contributed by atoms with E-state index in [2.05, 4.69) is 5.32 Å². The van der Waals surface area contributed by atoms with E-state index in [0.29, 0.717) is 18.8 Å². The van der Waals surface area contributed by atoms with Crippen LogP contribution in [-0.4, -0.2) is 36.0 Å². The van der Waals surface area contributed by atoms with Crippen molar-refractivity contribution in [2.45, 2.75) is 38.3 Å². The summed E-state index contributed by atoms with van der Waals surface area (Å²) in [6, 6.07) is 13.8. The van der Waals surface area contributed by atoms with Crippen LogP contribution in [-0.2, 0) is 15.7 Å². The highest BCUT2D eigenvalue weighted by Crippen LogP contribution is 2.30. The van der Waals surface area contributed by atoms with Gasteiger partial charge in [-0.2, -0.15) is 13.2 Å². The number of nitrogens with zero attached hydrogens (tertiary/aromatic N) is 1. The van der Waals surface area contributed by atoms with Crippen LogP contribution in [0.1, 0.15) is 31.1 Å². The molecule has 1 aliphatic rings. The van der Waals surface area contributed by atoms with Gasteiger partial charge in [-0.25, -0.2) is 0 Å². The first-order chi connectivity index (χ1) is 13.2. The summed E-state index contributed by atoms with van der Waals surface area (Å²) in [7, 11) is 0. The molecule has 0 aliphatic carbocycles. The smallest absolute Gasteiger partial charge is 0.368 e. The standard InChI is InChI=1S/C21H23F3N2O2/c1-14-12-26(13-19(28-14)16-6-4-3-5-7-16)15(2)20(27)25-18-10-8-17(9-11-18)21(22,23)24/h3-11,14-15,19H,12-13H2,1-2H3,(H,25,27). The maximum absolute atomic E-state index is 12.7. The molecule has 0 radical (unpaired) electrons. The fraction of sp³-hybridized carbons (Fsp3) is 0.381. The summed E-state index contributed by atoms with van der Waals surface area (Å²) in [5.74, 6) is -0.263. The Labute approximate surface area is 162 Å². The second kappa shape index (κ2) is 8.32. The SMILES string of the molecule is CC1CN(C(C)C(=O)Nc2ccc(C(F)(F)F)cc2)CC(c2ccccc2)O1. The van der Waals surface area contributed by atoms with E-state index in [0.717, 1.165) is 17.7 Å². The number of anilines is 1. The maximum Gasteiger partial charge on any atom is 0.416 e. The van der Waals surface area contributed by atoms with Gasteiger partial charge < -0.3 is 10.1 Å². The third-order valence-electron chi connectivity index (χ3n) is 4.87. The van der Waals surface area contributed by atoms with Gasteiger partial charge in [-0.05, 0) is 43.7 Å². The Bertz CT molecular complexity index is 794. The number of alkyl halides is 3. The van der Waals surface area contributed by atoms with Crippen molar-refractivity contribution in [1.29, 1.82) is 0 Å². The van der Waals surface area contributed by atoms with E-state index in [1.165, 1.54) is 12.1 Å². The number of ether oxygens (including phenoxy) is 1. The number of carbonyl (C=O) groups excluding carboxylic acids is 1. The first-order valence-electron chi connectivity index (χ1n) is 9.16. The number of morpholine rings is 1. The zero-order chi connectivity index (χ0) is 20.3. The van der Waals surface area contributed by atoms with E-state index in [1.807, 2.05) is 42.2 Å². The Kier molecular flexibility index (Phi) is 6.05. The first-order valence-corrected chi connectivity index (χ1v) is 9.16. The molecule has 28 heavy (non-hydrogen) atoms. The largest absolute Gasteiger partial charge is 0.416 e. The highest BCUT2D eigenvalue weighted by Gasteiger charge is 2.32. The van der Waals surface area contributed by atoms with Crippen molar-refractivity contribution in [3.05, 3.63) is 65.7 Å². The van der Waals surface area contributed by atoms with E-state index < -0.39 is 17.8 Å². The van der Waals surface area contributed by atoms with Crippen molar-refractivity contribution in [1.82, 2.24) is 4.90 Å². The van der Waals surface area contributed by atoms with Gasteiger partial charge in [-0.15, -0.1) is 0 Å². The van der Waals surface area contributed by atoms with Crippen LogP contribution in [0.5, 0.6) is 0 Å². The number of hydrogen-bond acceptors (Lipinski definition) is 3. The predicted molar refractivity (Wildman–Crippen MR) is 101 cm³/mol. The molecule has 1 heterocycles. The molecule has 7 heteroatoms. The van der Waals surface area contributed by atoms with E-state index in [9.17, 15) is 18.0 Å². The van der Waals surface area contributed by atoms with Gasteiger partial charge >= 0.3 is 6.18 Å². The summed E-state index contributed by atoms with van der Waals surface area (Å²) < 4.78 is 44.0. The predicted octanol–water partition coefficient (Wildman–Crippen LogP) is 4.49. The van der Waals surface area contributed by atoms with Crippen LogP contribution >= 0.6 is 0 Å². The van der Waals surface area contributed by atoms with Gasteiger partial charge in [0.25, 0.3) is 0 Å². The Morgan fingerprint density at radius 1 is 1.11 bits per heavy atom. The molecule has 0 saturated carbocycles. The summed E-state index contributed by atoms with van der Waals surface area (Å²) in [5.41, 5.74) is 0.645. The van der Waals surface area contributed by atoms with Crippen molar-refractivity contribution >= 4 is 11.6 Å². The monoisotopic (exact) mass is 392 g/mol. The fourth-order valence-corrected chi connectivity index (χ4v) is 3.31. The lowest BCUT2D eigenvalue weighted by molar-refractivity contribution is -0.137. The van der Waals surface area contributed by atoms with Crippen LogP contribution in [0, 0.1) is 0 Å². The number of benzene rings is 2. The molecule has 0 bridgehead atoms. The minimum absolute atomic E-state index is 0.0414. The van der Waals surface area contributed by atoms with E-state index in [1.54, 1.807) is 6.92 Å². The summed E-state index contributed by atoms with van der Waals surface area (Å²) in [6.07, 6.45) is -4.57. The average Bonchev–Trinajstić information content (AvgIpc) is 2.67. The van der Waals surface area contributed by atoms with E-state index in [4.69, 9.17) is 4.74 Å². The zero-order valence-electron chi connectivity index (χ0n) is 15.7. The molecular formula is C21H23F3N2O2. The van der Waals surface area contributed by atoms with Crippen molar-refractivity contribution in [2.75, 3.05) is 18.4 Å². The first kappa shape index (κ1) is 20.4. The lowest BCUT2D eigenvalue weighted by Gasteiger charge is -2.39. The van der Waals surface area contributed by atoms with Crippen molar-refractivity contribution in [3.8, 4) is 0 Å². The topological polar surface area (TPSA) is 41.6 Å². The molecule has 3 atom stereocenters. The fourth-order valence-electron chi connectivity index (χ4n) is 3.31. The number of carbonyl (C=O) groups is 1. The summed E-state index contributed by atoms with van der Waals surface area (Å²) in [5, 5.41) is 2.70. The Morgan fingerprint density at radius 3 is 2.36 bits per heavy atom. The molecule has 0 spiro atoms. The highest BCUT2D eigenvalue weighted by atomic mass is 19.4. The van der Waals surface area contributed by atoms with Gasteiger partial charge in [-0.1, -0.05) is 30.3 Å². The molecule has 2 aromatic rings. The average molecular weight is 392 g/mol. The van der Waals surface area contributed by atoms with Gasteiger partial charge in [0.2, 0.25) is 5.91 Å². The quantitative estimate of drug-likeness (QED) is 0.833. The molecule has 2 aromatic carbocycles. The maximum atomic E-state index is 12.7. The third kappa shape index (κ3) is 4.91. The van der Waals surface area contributed by atoms with Gasteiger partial charge in [0.15, 0.2) is 0 Å². The lowest BCUT2D eigenvalue weighted by atomic mass is 10.1. The van der Waals surface area contributed by atoms with Crippen LogP contribution in [0.3, 0.4) is 0 Å². The van der Waals surface area contributed by atoms with Crippen molar-refractivity contribution < 1.29 is 22.7 Å². The van der Waals surface area contributed by atoms with Crippen molar-refractivity contribution in [2.24, 2.45) is 0 Å². The van der Waals surface area contributed by atoms with Crippen LogP contribution in [0.25, 0.3) is 0 Å². The molecule has 1 aliphatic heterocycles. The molecule has 150 valence electrons. The molecule has 3 rings (SSSR count). The second-order valence-electron chi connectivity index (χ2n) is 7.04. The number of halogens is 3. The lowest BCUT2D eigenvalue weighted by Crippen LogP contribution is -2.51. The number of hydrogen-bond donors (Lipinski definition) is 1.